The van der Waals surface area contributed by atoms with Crippen molar-refractivity contribution in [2.75, 3.05) is 18.1 Å². The summed E-state index contributed by atoms with van der Waals surface area (Å²) < 4.78 is 31.3. The van der Waals surface area contributed by atoms with Crippen molar-refractivity contribution < 1.29 is 22.7 Å². The Kier molecular flexibility index (Phi) is 5.78. The van der Waals surface area contributed by atoms with Crippen LogP contribution in [-0.2, 0) is 14.6 Å². The molecule has 0 spiro atoms. The zero-order valence-electron chi connectivity index (χ0n) is 20.4. The third kappa shape index (κ3) is 4.49. The van der Waals surface area contributed by atoms with Gasteiger partial charge < -0.3 is 4.74 Å². The maximum absolute atomic E-state index is 13.2. The second kappa shape index (κ2) is 8.55. The molecule has 0 radical (unpaired) electrons. The molecule has 1 aromatic carbocycles. The van der Waals surface area contributed by atoms with Gasteiger partial charge in [0.05, 0.1) is 34.2 Å². The Morgan fingerprint density at radius 1 is 1.00 bits per heavy atom. The number of rotatable bonds is 6. The quantitative estimate of drug-likeness (QED) is 0.376. The van der Waals surface area contributed by atoms with Crippen molar-refractivity contribution in [3.05, 3.63) is 57.4 Å². The summed E-state index contributed by atoms with van der Waals surface area (Å²) in [6, 6.07) is 5.23. The molecule has 2 aliphatic rings. The van der Waals surface area contributed by atoms with E-state index in [0.29, 0.717) is 34.3 Å². The fourth-order valence-corrected chi connectivity index (χ4v) is 6.54. The Bertz CT molecular complexity index is 1480. The molecule has 5 rings (SSSR count). The van der Waals surface area contributed by atoms with Gasteiger partial charge in [0, 0.05) is 17.2 Å². The number of ether oxygens (including phenoxy) is 1. The second-order valence-electron chi connectivity index (χ2n) is 9.91. The lowest BCUT2D eigenvalue weighted by Crippen LogP contribution is -2.17. The summed E-state index contributed by atoms with van der Waals surface area (Å²) in [7, 11) is -3.12. The Morgan fingerprint density at radius 3 is 2.37 bits per heavy atom. The van der Waals surface area contributed by atoms with E-state index in [1.165, 1.54) is 0 Å². The molecule has 184 valence electrons. The first-order chi connectivity index (χ1) is 16.5. The molecule has 1 saturated carbocycles. The molecule has 3 heterocycles. The lowest BCUT2D eigenvalue weighted by molar-refractivity contribution is 0.0476. The van der Waals surface area contributed by atoms with Crippen LogP contribution in [0.1, 0.15) is 80.0 Å². The van der Waals surface area contributed by atoms with Crippen LogP contribution in [-0.4, -0.2) is 53.0 Å². The SMILES string of the molecule is Cc1cc(C)c(C(=O)COC(=O)c2cc(C3CC3)nc3c2c(C)nn3C2CCS(=O)(=O)C2)cc1C. The Labute approximate surface area is 204 Å². The van der Waals surface area contributed by atoms with E-state index >= 15 is 0 Å². The number of Topliss-reactive ketones (excluding diaryl/α,β-unsaturated/α-hetero) is 1. The van der Waals surface area contributed by atoms with E-state index in [9.17, 15) is 18.0 Å². The van der Waals surface area contributed by atoms with Crippen LogP contribution >= 0.6 is 0 Å². The number of pyridine rings is 1. The number of aromatic nitrogens is 3. The molecule has 2 aromatic heterocycles. The van der Waals surface area contributed by atoms with E-state index in [1.54, 1.807) is 17.7 Å². The molecule has 1 unspecified atom stereocenters. The first kappa shape index (κ1) is 23.7. The minimum atomic E-state index is -3.12. The highest BCUT2D eigenvalue weighted by molar-refractivity contribution is 7.91. The molecule has 2 fully saturated rings. The Hall–Kier alpha value is -3.07. The molecule has 0 amide bonds. The largest absolute Gasteiger partial charge is 0.454 e. The number of sulfone groups is 1. The predicted molar refractivity (Wildman–Crippen MR) is 132 cm³/mol. The second-order valence-corrected chi connectivity index (χ2v) is 12.1. The normalized spacial score (nSPS) is 19.3. The number of hydrogen-bond donors (Lipinski definition) is 0. The van der Waals surface area contributed by atoms with Crippen molar-refractivity contribution in [3.8, 4) is 0 Å². The number of carbonyl (C=O) groups is 2. The maximum Gasteiger partial charge on any atom is 0.339 e. The molecule has 35 heavy (non-hydrogen) atoms. The minimum absolute atomic E-state index is 0.0160. The van der Waals surface area contributed by atoms with E-state index in [-0.39, 0.29) is 35.9 Å². The van der Waals surface area contributed by atoms with Crippen molar-refractivity contribution >= 4 is 32.6 Å². The molecular formula is C26H29N3O5S. The van der Waals surface area contributed by atoms with Gasteiger partial charge in [0.1, 0.15) is 0 Å². The van der Waals surface area contributed by atoms with Crippen molar-refractivity contribution in [1.82, 2.24) is 14.8 Å². The number of fused-ring (bicyclic) bond motifs is 1. The monoisotopic (exact) mass is 495 g/mol. The van der Waals surface area contributed by atoms with Crippen molar-refractivity contribution in [3.63, 3.8) is 0 Å². The van der Waals surface area contributed by atoms with Gasteiger partial charge in [0.15, 0.2) is 22.1 Å². The van der Waals surface area contributed by atoms with Crippen LogP contribution in [0.3, 0.4) is 0 Å². The van der Waals surface area contributed by atoms with Gasteiger partial charge in [-0.1, -0.05) is 6.07 Å². The van der Waals surface area contributed by atoms with Crippen LogP contribution < -0.4 is 0 Å². The molecular weight excluding hydrogens is 466 g/mol. The van der Waals surface area contributed by atoms with Crippen LogP contribution in [0.5, 0.6) is 0 Å². The zero-order valence-corrected chi connectivity index (χ0v) is 21.2. The zero-order chi connectivity index (χ0) is 25.1. The summed E-state index contributed by atoms with van der Waals surface area (Å²) in [6.45, 7) is 7.23. The van der Waals surface area contributed by atoms with Crippen LogP contribution in [0.25, 0.3) is 11.0 Å². The van der Waals surface area contributed by atoms with E-state index in [2.05, 4.69) is 5.10 Å². The number of aryl methyl sites for hydroxylation is 4. The molecule has 1 saturated heterocycles. The van der Waals surface area contributed by atoms with Crippen molar-refractivity contribution in [2.45, 2.75) is 58.9 Å². The molecule has 0 N–H and O–H groups in total. The van der Waals surface area contributed by atoms with E-state index < -0.39 is 15.8 Å². The fraction of sp³-hybridized carbons (Fsp3) is 0.462. The summed E-state index contributed by atoms with van der Waals surface area (Å²) in [6.07, 6.45) is 2.45. The first-order valence-corrected chi connectivity index (χ1v) is 13.7. The van der Waals surface area contributed by atoms with Gasteiger partial charge in [-0.05, 0) is 75.8 Å². The van der Waals surface area contributed by atoms with Crippen molar-refractivity contribution in [2.24, 2.45) is 0 Å². The summed E-state index contributed by atoms with van der Waals surface area (Å²) in [4.78, 5) is 30.9. The van der Waals surface area contributed by atoms with Gasteiger partial charge in [0.25, 0.3) is 0 Å². The summed E-state index contributed by atoms with van der Waals surface area (Å²) in [5, 5.41) is 5.14. The molecule has 8 nitrogen and oxygen atoms in total. The lowest BCUT2D eigenvalue weighted by atomic mass is 9.98. The van der Waals surface area contributed by atoms with Crippen LogP contribution in [0.2, 0.25) is 0 Å². The topological polar surface area (TPSA) is 108 Å². The third-order valence-electron chi connectivity index (χ3n) is 7.10. The van der Waals surface area contributed by atoms with E-state index in [4.69, 9.17) is 9.72 Å². The Balaban J connectivity index is 1.47. The molecule has 1 atom stereocenters. The number of carbonyl (C=O) groups excluding carboxylic acids is 2. The molecule has 3 aromatic rings. The average Bonchev–Trinajstić information content (AvgIpc) is 3.52. The van der Waals surface area contributed by atoms with Gasteiger partial charge in [-0.2, -0.15) is 5.10 Å². The van der Waals surface area contributed by atoms with Crippen LogP contribution in [0, 0.1) is 27.7 Å². The van der Waals surface area contributed by atoms with Gasteiger partial charge >= 0.3 is 5.97 Å². The van der Waals surface area contributed by atoms with Gasteiger partial charge in [-0.25, -0.2) is 22.9 Å². The number of benzene rings is 1. The van der Waals surface area contributed by atoms with E-state index in [1.807, 2.05) is 32.9 Å². The summed E-state index contributed by atoms with van der Waals surface area (Å²) in [5.41, 5.74) is 5.71. The summed E-state index contributed by atoms with van der Waals surface area (Å²) in [5.74, 6) is -0.454. The van der Waals surface area contributed by atoms with Crippen molar-refractivity contribution in [1.29, 1.82) is 0 Å². The summed E-state index contributed by atoms with van der Waals surface area (Å²) >= 11 is 0. The lowest BCUT2D eigenvalue weighted by Gasteiger charge is -2.12. The van der Waals surface area contributed by atoms with Gasteiger partial charge in [0.2, 0.25) is 5.78 Å². The van der Waals surface area contributed by atoms with Crippen LogP contribution in [0.4, 0.5) is 0 Å². The number of nitrogens with zero attached hydrogens (tertiary/aromatic N) is 3. The smallest absolute Gasteiger partial charge is 0.339 e. The molecule has 9 heteroatoms. The highest BCUT2D eigenvalue weighted by atomic mass is 32.2. The standard InChI is InChI=1S/C26H29N3O5S/c1-14-9-16(3)20(10-15(14)2)23(30)12-34-26(31)21-11-22(18-5-6-18)27-25-24(21)17(4)28-29(25)19-7-8-35(32,33)13-19/h9-11,18-19H,5-8,12-13H2,1-4H3. The maximum atomic E-state index is 13.2. The van der Waals surface area contributed by atoms with Gasteiger partial charge in [-0.15, -0.1) is 0 Å². The number of ketones is 1. The number of esters is 1. The van der Waals surface area contributed by atoms with E-state index in [0.717, 1.165) is 35.2 Å². The Morgan fingerprint density at radius 2 is 1.71 bits per heavy atom. The predicted octanol–water partition coefficient (Wildman–Crippen LogP) is 3.94. The first-order valence-electron chi connectivity index (χ1n) is 11.9. The minimum Gasteiger partial charge on any atom is -0.454 e. The third-order valence-corrected chi connectivity index (χ3v) is 8.85. The average molecular weight is 496 g/mol. The fourth-order valence-electron chi connectivity index (χ4n) is 4.85. The van der Waals surface area contributed by atoms with Crippen LogP contribution in [0.15, 0.2) is 18.2 Å². The number of hydrogen-bond acceptors (Lipinski definition) is 7. The molecule has 1 aliphatic carbocycles. The molecule has 0 bridgehead atoms. The highest BCUT2D eigenvalue weighted by Crippen LogP contribution is 2.41. The molecule has 1 aliphatic heterocycles. The highest BCUT2D eigenvalue weighted by Gasteiger charge is 2.34. The van der Waals surface area contributed by atoms with Gasteiger partial charge in [-0.3, -0.25) is 4.79 Å².